The van der Waals surface area contributed by atoms with E-state index >= 15 is 0 Å². The number of hydrogen-bond acceptors (Lipinski definition) is 5. The molecule has 0 amide bonds. The number of phenolic OH excluding ortho intramolecular Hbond substituents is 2. The SMILES string of the molecule is COc1ccc(C2COc3cc4c(cc3C2)C=CC(C)(C)O4)c(O)c1O. The summed E-state index contributed by atoms with van der Waals surface area (Å²) in [6.07, 6.45) is 4.81. The summed E-state index contributed by atoms with van der Waals surface area (Å²) in [6, 6.07) is 7.45. The molecule has 0 saturated carbocycles. The number of methoxy groups -OCH3 is 1. The summed E-state index contributed by atoms with van der Waals surface area (Å²) >= 11 is 0. The second-order valence-electron chi connectivity index (χ2n) is 7.30. The maximum absolute atomic E-state index is 10.3. The van der Waals surface area contributed by atoms with Gasteiger partial charge in [-0.1, -0.05) is 12.1 Å². The van der Waals surface area contributed by atoms with E-state index in [2.05, 4.69) is 12.1 Å². The molecule has 0 aromatic heterocycles. The van der Waals surface area contributed by atoms with Crippen molar-refractivity contribution in [3.8, 4) is 28.7 Å². The van der Waals surface area contributed by atoms with Crippen molar-refractivity contribution in [3.63, 3.8) is 0 Å². The van der Waals surface area contributed by atoms with Crippen molar-refractivity contribution in [3.05, 3.63) is 47.0 Å². The molecule has 5 nitrogen and oxygen atoms in total. The molecule has 2 aromatic carbocycles. The van der Waals surface area contributed by atoms with Crippen LogP contribution in [0.4, 0.5) is 0 Å². The van der Waals surface area contributed by atoms with E-state index < -0.39 is 0 Å². The van der Waals surface area contributed by atoms with E-state index in [9.17, 15) is 10.2 Å². The fourth-order valence-electron chi connectivity index (χ4n) is 3.53. The lowest BCUT2D eigenvalue weighted by Crippen LogP contribution is -2.28. The maximum Gasteiger partial charge on any atom is 0.200 e. The second-order valence-corrected chi connectivity index (χ2v) is 7.30. The van der Waals surface area contributed by atoms with Crippen molar-refractivity contribution in [1.82, 2.24) is 0 Å². The molecule has 136 valence electrons. The first-order valence-electron chi connectivity index (χ1n) is 8.65. The van der Waals surface area contributed by atoms with Crippen LogP contribution in [0.25, 0.3) is 6.08 Å². The summed E-state index contributed by atoms with van der Waals surface area (Å²) in [5, 5.41) is 20.4. The Morgan fingerprint density at radius 3 is 2.69 bits per heavy atom. The number of fused-ring (bicyclic) bond motifs is 2. The number of hydrogen-bond donors (Lipinski definition) is 2. The van der Waals surface area contributed by atoms with Crippen LogP contribution in [-0.2, 0) is 6.42 Å². The van der Waals surface area contributed by atoms with Crippen LogP contribution in [0.2, 0.25) is 0 Å². The first kappa shape index (κ1) is 16.6. The lowest BCUT2D eigenvalue weighted by atomic mass is 9.88. The second kappa shape index (κ2) is 5.87. The minimum absolute atomic E-state index is 0.0534. The van der Waals surface area contributed by atoms with E-state index in [1.165, 1.54) is 7.11 Å². The van der Waals surface area contributed by atoms with E-state index in [1.807, 2.05) is 26.0 Å². The lowest BCUT2D eigenvalue weighted by molar-refractivity contribution is 0.157. The lowest BCUT2D eigenvalue weighted by Gasteiger charge is -2.31. The summed E-state index contributed by atoms with van der Waals surface area (Å²) < 4.78 is 17.0. The summed E-state index contributed by atoms with van der Waals surface area (Å²) in [7, 11) is 1.45. The van der Waals surface area contributed by atoms with Crippen LogP contribution in [0.3, 0.4) is 0 Å². The zero-order valence-electron chi connectivity index (χ0n) is 15.1. The van der Waals surface area contributed by atoms with Crippen LogP contribution in [0.15, 0.2) is 30.3 Å². The zero-order chi connectivity index (χ0) is 18.5. The summed E-state index contributed by atoms with van der Waals surface area (Å²) in [5.74, 6) is 1.44. The summed E-state index contributed by atoms with van der Waals surface area (Å²) in [5.41, 5.74) is 2.40. The molecule has 0 fully saturated rings. The van der Waals surface area contributed by atoms with Gasteiger partial charge in [-0.15, -0.1) is 0 Å². The van der Waals surface area contributed by atoms with E-state index in [4.69, 9.17) is 14.2 Å². The Morgan fingerprint density at radius 2 is 1.92 bits per heavy atom. The molecule has 2 aromatic rings. The number of rotatable bonds is 2. The summed E-state index contributed by atoms with van der Waals surface area (Å²) in [6.45, 7) is 4.45. The Balaban J connectivity index is 1.66. The van der Waals surface area contributed by atoms with Gasteiger partial charge in [0.2, 0.25) is 5.75 Å². The maximum atomic E-state index is 10.3. The Hall–Kier alpha value is -2.82. The molecule has 0 aliphatic carbocycles. The molecule has 1 unspecified atom stereocenters. The smallest absolute Gasteiger partial charge is 0.200 e. The van der Waals surface area contributed by atoms with E-state index in [1.54, 1.807) is 12.1 Å². The van der Waals surface area contributed by atoms with Crippen LogP contribution in [0, 0.1) is 0 Å². The Morgan fingerprint density at radius 1 is 1.12 bits per heavy atom. The number of benzene rings is 2. The van der Waals surface area contributed by atoms with Gasteiger partial charge in [0.05, 0.1) is 13.7 Å². The molecule has 26 heavy (non-hydrogen) atoms. The largest absolute Gasteiger partial charge is 0.504 e. The molecule has 0 spiro atoms. The van der Waals surface area contributed by atoms with Gasteiger partial charge in [-0.3, -0.25) is 0 Å². The predicted molar refractivity (Wildman–Crippen MR) is 98.4 cm³/mol. The van der Waals surface area contributed by atoms with Crippen LogP contribution in [-0.4, -0.2) is 29.5 Å². The molecule has 2 heterocycles. The third-order valence-electron chi connectivity index (χ3n) is 4.94. The van der Waals surface area contributed by atoms with Gasteiger partial charge in [-0.25, -0.2) is 0 Å². The van der Waals surface area contributed by atoms with Crippen molar-refractivity contribution < 1.29 is 24.4 Å². The van der Waals surface area contributed by atoms with E-state index in [0.29, 0.717) is 18.6 Å². The van der Waals surface area contributed by atoms with Gasteiger partial charge in [0.25, 0.3) is 0 Å². The first-order valence-corrected chi connectivity index (χ1v) is 8.65. The van der Waals surface area contributed by atoms with Crippen molar-refractivity contribution in [2.24, 2.45) is 0 Å². The average molecular weight is 354 g/mol. The Kier molecular flexibility index (Phi) is 3.75. The van der Waals surface area contributed by atoms with Gasteiger partial charge in [-0.2, -0.15) is 0 Å². The topological polar surface area (TPSA) is 68.2 Å². The van der Waals surface area contributed by atoms with Gasteiger partial charge in [0.1, 0.15) is 17.1 Å². The highest BCUT2D eigenvalue weighted by molar-refractivity contribution is 5.65. The molecule has 5 heteroatoms. The monoisotopic (exact) mass is 354 g/mol. The third-order valence-corrected chi connectivity index (χ3v) is 4.94. The molecular formula is C21H22O5. The van der Waals surface area contributed by atoms with E-state index in [-0.39, 0.29) is 28.8 Å². The van der Waals surface area contributed by atoms with Crippen molar-refractivity contribution in [1.29, 1.82) is 0 Å². The summed E-state index contributed by atoms with van der Waals surface area (Å²) in [4.78, 5) is 0. The normalized spacial score (nSPS) is 19.7. The van der Waals surface area contributed by atoms with Crippen molar-refractivity contribution in [2.45, 2.75) is 31.8 Å². The standard InChI is InChI=1S/C21H22O5/c1-21(2)7-6-12-8-13-9-14(11-25-17(13)10-18(12)26-21)15-4-5-16(24-3)20(23)19(15)22/h4-8,10,14,22-23H,9,11H2,1-3H3. The van der Waals surface area contributed by atoms with E-state index in [0.717, 1.165) is 22.6 Å². The molecule has 2 N–H and O–H groups in total. The van der Waals surface area contributed by atoms with Crippen LogP contribution in [0.5, 0.6) is 28.7 Å². The first-order chi connectivity index (χ1) is 12.4. The highest BCUT2D eigenvalue weighted by Crippen LogP contribution is 2.45. The Labute approximate surface area is 152 Å². The third kappa shape index (κ3) is 2.73. The molecular weight excluding hydrogens is 332 g/mol. The zero-order valence-corrected chi connectivity index (χ0v) is 15.1. The molecule has 1 atom stereocenters. The predicted octanol–water partition coefficient (Wildman–Crippen LogP) is 4.01. The van der Waals surface area contributed by atoms with Crippen molar-refractivity contribution >= 4 is 6.08 Å². The molecule has 4 rings (SSSR count). The molecule has 2 aliphatic heterocycles. The van der Waals surface area contributed by atoms with Gasteiger partial charge in [0, 0.05) is 23.1 Å². The quantitative estimate of drug-likeness (QED) is 0.798. The van der Waals surface area contributed by atoms with Crippen molar-refractivity contribution in [2.75, 3.05) is 13.7 Å². The van der Waals surface area contributed by atoms with Gasteiger partial charge < -0.3 is 24.4 Å². The van der Waals surface area contributed by atoms with Crippen LogP contribution in [0.1, 0.15) is 36.5 Å². The minimum atomic E-state index is -0.329. The average Bonchev–Trinajstić information content (AvgIpc) is 2.61. The highest BCUT2D eigenvalue weighted by Gasteiger charge is 2.29. The van der Waals surface area contributed by atoms with Gasteiger partial charge >= 0.3 is 0 Å². The van der Waals surface area contributed by atoms with Crippen LogP contribution < -0.4 is 14.2 Å². The minimum Gasteiger partial charge on any atom is -0.504 e. The number of aromatic hydroxyl groups is 2. The van der Waals surface area contributed by atoms with Crippen LogP contribution >= 0.6 is 0 Å². The molecule has 0 bridgehead atoms. The fraction of sp³-hybridized carbons (Fsp3) is 0.333. The van der Waals surface area contributed by atoms with Gasteiger partial charge in [-0.05, 0) is 44.0 Å². The fourth-order valence-corrected chi connectivity index (χ4v) is 3.53. The molecule has 0 radical (unpaired) electrons. The highest BCUT2D eigenvalue weighted by atomic mass is 16.5. The number of ether oxygens (including phenoxy) is 3. The Bertz CT molecular complexity index is 898. The number of phenols is 2. The van der Waals surface area contributed by atoms with Gasteiger partial charge in [0.15, 0.2) is 11.5 Å². The molecule has 2 aliphatic rings. The molecule has 0 saturated heterocycles.